The van der Waals surface area contributed by atoms with E-state index in [2.05, 4.69) is 19.2 Å². The fourth-order valence-corrected chi connectivity index (χ4v) is 2.24. The van der Waals surface area contributed by atoms with Crippen molar-refractivity contribution < 1.29 is 14.3 Å². The third-order valence-corrected chi connectivity index (χ3v) is 3.35. The summed E-state index contributed by atoms with van der Waals surface area (Å²) >= 11 is 0. The highest BCUT2D eigenvalue weighted by Crippen LogP contribution is 2.24. The van der Waals surface area contributed by atoms with Crippen molar-refractivity contribution >= 4 is 16.7 Å². The highest BCUT2D eigenvalue weighted by Gasteiger charge is 2.05. The van der Waals surface area contributed by atoms with E-state index in [1.165, 1.54) is 0 Å². The third kappa shape index (κ3) is 5.91. The Balaban J connectivity index is 1.70. The number of ether oxygens (including phenoxy) is 2. The number of carbonyl (C=O) groups excluding carboxylic acids is 1. The number of nitrogens with one attached hydrogen (secondary N) is 1. The van der Waals surface area contributed by atoms with E-state index in [9.17, 15) is 4.79 Å². The molecule has 0 aliphatic heterocycles. The normalized spacial score (nSPS) is 10.9. The van der Waals surface area contributed by atoms with Gasteiger partial charge in [0.05, 0.1) is 0 Å². The predicted octanol–water partition coefficient (Wildman–Crippen LogP) is 3.40. The molecule has 2 aromatic carbocycles. The first-order valence-electron chi connectivity index (χ1n) is 8.12. The van der Waals surface area contributed by atoms with Crippen LogP contribution in [-0.2, 0) is 9.53 Å². The molecule has 0 atom stereocenters. The second-order valence-corrected chi connectivity index (χ2v) is 5.94. The van der Waals surface area contributed by atoms with Gasteiger partial charge < -0.3 is 14.8 Å². The summed E-state index contributed by atoms with van der Waals surface area (Å²) in [5, 5.41) is 4.97. The van der Waals surface area contributed by atoms with E-state index in [4.69, 9.17) is 9.47 Å². The molecule has 0 aliphatic rings. The standard InChI is InChI=1S/C19H25NO3/c1-15(2)13-22-12-6-11-20-19(21)14-23-18-10-5-8-16-7-3-4-9-17(16)18/h3-5,7-10,15H,6,11-14H2,1-2H3,(H,20,21). The Kier molecular flexibility index (Phi) is 6.88. The van der Waals surface area contributed by atoms with Crippen molar-refractivity contribution in [2.45, 2.75) is 20.3 Å². The quantitative estimate of drug-likeness (QED) is 0.722. The zero-order valence-corrected chi connectivity index (χ0v) is 13.9. The van der Waals surface area contributed by atoms with Crippen molar-refractivity contribution in [3.05, 3.63) is 42.5 Å². The molecule has 4 nitrogen and oxygen atoms in total. The molecule has 0 unspecified atom stereocenters. The Bertz CT molecular complexity index is 620. The fourth-order valence-electron chi connectivity index (χ4n) is 2.24. The number of amides is 1. The highest BCUT2D eigenvalue weighted by molar-refractivity contribution is 5.88. The van der Waals surface area contributed by atoms with Gasteiger partial charge in [0.25, 0.3) is 5.91 Å². The lowest BCUT2D eigenvalue weighted by Crippen LogP contribution is -2.30. The summed E-state index contributed by atoms with van der Waals surface area (Å²) in [6, 6.07) is 13.8. The molecule has 4 heteroatoms. The van der Waals surface area contributed by atoms with E-state index in [-0.39, 0.29) is 12.5 Å². The molecule has 0 bridgehead atoms. The number of fused-ring (bicyclic) bond motifs is 1. The minimum atomic E-state index is -0.109. The van der Waals surface area contributed by atoms with Crippen LogP contribution in [0.5, 0.6) is 5.75 Å². The van der Waals surface area contributed by atoms with Crippen molar-refractivity contribution in [1.82, 2.24) is 5.32 Å². The van der Waals surface area contributed by atoms with E-state index < -0.39 is 0 Å². The largest absolute Gasteiger partial charge is 0.483 e. The zero-order chi connectivity index (χ0) is 16.5. The maximum atomic E-state index is 11.8. The molecular formula is C19H25NO3. The Labute approximate surface area is 137 Å². The average molecular weight is 315 g/mol. The summed E-state index contributed by atoms with van der Waals surface area (Å²) in [6.45, 7) is 6.30. The molecule has 1 amide bonds. The zero-order valence-electron chi connectivity index (χ0n) is 13.9. The number of hydrogen-bond donors (Lipinski definition) is 1. The molecule has 23 heavy (non-hydrogen) atoms. The van der Waals surface area contributed by atoms with Crippen LogP contribution < -0.4 is 10.1 Å². The van der Waals surface area contributed by atoms with Crippen LogP contribution in [0.2, 0.25) is 0 Å². The second kappa shape index (κ2) is 9.16. The van der Waals surface area contributed by atoms with Crippen LogP contribution in [0.4, 0.5) is 0 Å². The first-order valence-corrected chi connectivity index (χ1v) is 8.12. The van der Waals surface area contributed by atoms with Gasteiger partial charge in [0.1, 0.15) is 5.75 Å². The van der Waals surface area contributed by atoms with Crippen LogP contribution in [0.15, 0.2) is 42.5 Å². The number of benzene rings is 2. The van der Waals surface area contributed by atoms with Gasteiger partial charge in [0.15, 0.2) is 6.61 Å². The van der Waals surface area contributed by atoms with Gasteiger partial charge in [-0.25, -0.2) is 0 Å². The molecule has 0 heterocycles. The van der Waals surface area contributed by atoms with Gasteiger partial charge in [0.2, 0.25) is 0 Å². The molecule has 2 aromatic rings. The minimum absolute atomic E-state index is 0.0286. The Morgan fingerprint density at radius 3 is 2.74 bits per heavy atom. The summed E-state index contributed by atoms with van der Waals surface area (Å²) in [6.07, 6.45) is 0.812. The van der Waals surface area contributed by atoms with Gasteiger partial charge in [-0.05, 0) is 23.8 Å². The molecular weight excluding hydrogens is 290 g/mol. The van der Waals surface area contributed by atoms with E-state index >= 15 is 0 Å². The van der Waals surface area contributed by atoms with Gasteiger partial charge in [0, 0.05) is 25.1 Å². The Morgan fingerprint density at radius 2 is 1.91 bits per heavy atom. The number of rotatable bonds is 9. The summed E-state index contributed by atoms with van der Waals surface area (Å²) in [7, 11) is 0. The van der Waals surface area contributed by atoms with Crippen LogP contribution in [-0.4, -0.2) is 32.3 Å². The first-order chi connectivity index (χ1) is 11.2. The molecule has 0 radical (unpaired) electrons. The van der Waals surface area contributed by atoms with Crippen molar-refractivity contribution in [3.63, 3.8) is 0 Å². The summed E-state index contributed by atoms with van der Waals surface area (Å²) in [5.41, 5.74) is 0. The topological polar surface area (TPSA) is 47.6 Å². The maximum Gasteiger partial charge on any atom is 0.257 e. The van der Waals surface area contributed by atoms with Crippen molar-refractivity contribution in [1.29, 1.82) is 0 Å². The van der Waals surface area contributed by atoms with E-state index in [1.807, 2.05) is 42.5 Å². The van der Waals surface area contributed by atoms with E-state index in [1.54, 1.807) is 0 Å². The van der Waals surface area contributed by atoms with Crippen LogP contribution >= 0.6 is 0 Å². The second-order valence-electron chi connectivity index (χ2n) is 5.94. The van der Waals surface area contributed by atoms with Gasteiger partial charge in [-0.15, -0.1) is 0 Å². The highest BCUT2D eigenvalue weighted by atomic mass is 16.5. The maximum absolute atomic E-state index is 11.8. The lowest BCUT2D eigenvalue weighted by molar-refractivity contribution is -0.123. The van der Waals surface area contributed by atoms with Crippen LogP contribution in [0, 0.1) is 5.92 Å². The van der Waals surface area contributed by atoms with Crippen LogP contribution in [0.3, 0.4) is 0 Å². The molecule has 0 spiro atoms. The van der Waals surface area contributed by atoms with Crippen LogP contribution in [0.1, 0.15) is 20.3 Å². The monoisotopic (exact) mass is 315 g/mol. The van der Waals surface area contributed by atoms with Gasteiger partial charge in [-0.3, -0.25) is 4.79 Å². The molecule has 2 rings (SSSR count). The van der Waals surface area contributed by atoms with Gasteiger partial charge in [-0.1, -0.05) is 50.2 Å². The Morgan fingerprint density at radius 1 is 1.13 bits per heavy atom. The lowest BCUT2D eigenvalue weighted by atomic mass is 10.1. The predicted molar refractivity (Wildman–Crippen MR) is 92.7 cm³/mol. The summed E-state index contributed by atoms with van der Waals surface area (Å²) in [5.74, 6) is 1.17. The van der Waals surface area contributed by atoms with Crippen molar-refractivity contribution in [2.24, 2.45) is 5.92 Å². The summed E-state index contributed by atoms with van der Waals surface area (Å²) < 4.78 is 11.1. The average Bonchev–Trinajstić information content (AvgIpc) is 2.55. The summed E-state index contributed by atoms with van der Waals surface area (Å²) in [4.78, 5) is 11.8. The fraction of sp³-hybridized carbons (Fsp3) is 0.421. The minimum Gasteiger partial charge on any atom is -0.483 e. The molecule has 1 N–H and O–H groups in total. The molecule has 0 saturated heterocycles. The Hall–Kier alpha value is -2.07. The lowest BCUT2D eigenvalue weighted by Gasteiger charge is -2.10. The molecule has 0 aromatic heterocycles. The van der Waals surface area contributed by atoms with Crippen molar-refractivity contribution in [2.75, 3.05) is 26.4 Å². The molecule has 0 aliphatic carbocycles. The number of hydrogen-bond acceptors (Lipinski definition) is 3. The molecule has 0 saturated carbocycles. The van der Waals surface area contributed by atoms with Gasteiger partial charge >= 0.3 is 0 Å². The van der Waals surface area contributed by atoms with E-state index in [0.29, 0.717) is 19.1 Å². The third-order valence-electron chi connectivity index (χ3n) is 3.35. The van der Waals surface area contributed by atoms with E-state index in [0.717, 1.165) is 29.5 Å². The van der Waals surface area contributed by atoms with Crippen LogP contribution in [0.25, 0.3) is 10.8 Å². The van der Waals surface area contributed by atoms with Gasteiger partial charge in [-0.2, -0.15) is 0 Å². The van der Waals surface area contributed by atoms with Crippen molar-refractivity contribution in [3.8, 4) is 5.75 Å². The smallest absolute Gasteiger partial charge is 0.257 e. The number of carbonyl (C=O) groups is 1. The SMILES string of the molecule is CC(C)COCCCNC(=O)COc1cccc2ccccc12. The molecule has 124 valence electrons. The molecule has 0 fully saturated rings. The first kappa shape index (κ1) is 17.3.